The molecule has 1 saturated heterocycles. The van der Waals surface area contributed by atoms with Crippen LogP contribution in [0.5, 0.6) is 0 Å². The van der Waals surface area contributed by atoms with Gasteiger partial charge in [-0.25, -0.2) is 9.59 Å². The van der Waals surface area contributed by atoms with Crippen molar-refractivity contribution in [2.45, 2.75) is 50.9 Å². The van der Waals surface area contributed by atoms with E-state index in [4.69, 9.17) is 4.74 Å². The third-order valence-electron chi connectivity index (χ3n) is 6.26. The van der Waals surface area contributed by atoms with E-state index in [1.165, 1.54) is 0 Å². The summed E-state index contributed by atoms with van der Waals surface area (Å²) >= 11 is 0. The lowest BCUT2D eigenvalue weighted by Gasteiger charge is -2.40. The molecule has 0 spiro atoms. The van der Waals surface area contributed by atoms with E-state index >= 15 is 0 Å². The second-order valence-electron chi connectivity index (χ2n) is 8.59. The van der Waals surface area contributed by atoms with Gasteiger partial charge in [0, 0.05) is 24.8 Å². The first-order chi connectivity index (χ1) is 15.3. The summed E-state index contributed by atoms with van der Waals surface area (Å²) in [7, 11) is 0. The summed E-state index contributed by atoms with van der Waals surface area (Å²) in [5.41, 5.74) is 1.49. The molecule has 1 N–H and O–H groups in total. The number of likely N-dealkylation sites (tertiary alicyclic amines) is 1. The van der Waals surface area contributed by atoms with Crippen LogP contribution < -0.4 is 5.32 Å². The van der Waals surface area contributed by atoms with Crippen LogP contribution in [0.1, 0.15) is 44.2 Å². The molecule has 6 nitrogen and oxygen atoms in total. The number of alkyl halides is 3. The molecule has 174 valence electrons. The normalized spacial score (nSPS) is 25.0. The zero-order valence-corrected chi connectivity index (χ0v) is 18.0. The number of hydrogen-bond acceptors (Lipinski definition) is 4. The number of rotatable bonds is 6. The second kappa shape index (κ2) is 9.13. The molecule has 1 aliphatic carbocycles. The van der Waals surface area contributed by atoms with Crippen molar-refractivity contribution in [3.05, 3.63) is 47.2 Å². The molecule has 2 heterocycles. The van der Waals surface area contributed by atoms with E-state index in [2.05, 4.69) is 5.32 Å². The van der Waals surface area contributed by atoms with Crippen LogP contribution in [0, 0.1) is 5.92 Å². The van der Waals surface area contributed by atoms with Crippen molar-refractivity contribution in [3.63, 3.8) is 0 Å². The van der Waals surface area contributed by atoms with Crippen molar-refractivity contribution in [2.75, 3.05) is 26.2 Å². The van der Waals surface area contributed by atoms with Gasteiger partial charge in [-0.2, -0.15) is 13.2 Å². The van der Waals surface area contributed by atoms with Gasteiger partial charge in [0.05, 0.1) is 24.1 Å². The minimum atomic E-state index is -4.26. The maximum absolute atomic E-state index is 13.4. The molecule has 2 fully saturated rings. The third-order valence-corrected chi connectivity index (χ3v) is 6.26. The molecule has 32 heavy (non-hydrogen) atoms. The number of halogens is 3. The molecule has 3 aliphatic rings. The summed E-state index contributed by atoms with van der Waals surface area (Å²) < 4.78 is 45.5. The number of carbonyl (C=O) groups excluding carboxylic acids is 2. The molecule has 0 unspecified atom stereocenters. The van der Waals surface area contributed by atoms with Crippen LogP contribution in [0.4, 0.5) is 18.0 Å². The quantitative estimate of drug-likeness (QED) is 0.664. The predicted molar refractivity (Wildman–Crippen MR) is 111 cm³/mol. The van der Waals surface area contributed by atoms with Crippen LogP contribution >= 0.6 is 0 Å². The number of carbonyl (C=O) groups is 2. The van der Waals surface area contributed by atoms with E-state index in [0.29, 0.717) is 24.2 Å². The average molecular weight is 451 g/mol. The topological polar surface area (TPSA) is 61.9 Å². The molecule has 1 aromatic carbocycles. The van der Waals surface area contributed by atoms with E-state index in [9.17, 15) is 22.8 Å². The SMILES string of the molecule is CCOC(=O)C1=C(CN2CCC[C@@H](C(F)(F)F)C2)N(C2CC2)C(=O)N[C@@H]1c1ccccc1. The number of hydrogen-bond donors (Lipinski definition) is 1. The highest BCUT2D eigenvalue weighted by Gasteiger charge is 2.46. The maximum atomic E-state index is 13.4. The number of esters is 1. The van der Waals surface area contributed by atoms with Crippen LogP contribution in [0.15, 0.2) is 41.6 Å². The van der Waals surface area contributed by atoms with Gasteiger partial charge >= 0.3 is 18.2 Å². The Labute approximate surface area is 185 Å². The number of nitrogens with one attached hydrogen (secondary N) is 1. The van der Waals surface area contributed by atoms with E-state index in [0.717, 1.165) is 18.4 Å². The number of ether oxygens (including phenoxy) is 1. The highest BCUT2D eigenvalue weighted by Crippen LogP contribution is 2.40. The Kier molecular flexibility index (Phi) is 6.46. The van der Waals surface area contributed by atoms with Gasteiger partial charge in [0.2, 0.25) is 0 Å². The Morgan fingerprint density at radius 3 is 2.53 bits per heavy atom. The average Bonchev–Trinajstić information content (AvgIpc) is 3.59. The van der Waals surface area contributed by atoms with Crippen LogP contribution in [-0.2, 0) is 9.53 Å². The smallest absolute Gasteiger partial charge is 0.393 e. The van der Waals surface area contributed by atoms with Crippen molar-refractivity contribution in [1.82, 2.24) is 15.1 Å². The van der Waals surface area contributed by atoms with E-state index in [1.54, 1.807) is 16.7 Å². The Morgan fingerprint density at radius 2 is 1.91 bits per heavy atom. The minimum Gasteiger partial charge on any atom is -0.463 e. The number of amides is 2. The van der Waals surface area contributed by atoms with Crippen LogP contribution in [0.2, 0.25) is 0 Å². The molecular weight excluding hydrogens is 423 g/mol. The molecule has 0 radical (unpaired) electrons. The second-order valence-corrected chi connectivity index (χ2v) is 8.59. The maximum Gasteiger partial charge on any atom is 0.393 e. The van der Waals surface area contributed by atoms with E-state index < -0.39 is 24.1 Å². The number of benzene rings is 1. The van der Waals surface area contributed by atoms with Crippen molar-refractivity contribution >= 4 is 12.0 Å². The van der Waals surface area contributed by atoms with Crippen LogP contribution in [0.3, 0.4) is 0 Å². The monoisotopic (exact) mass is 451 g/mol. The van der Waals surface area contributed by atoms with E-state index in [1.807, 2.05) is 30.3 Å². The lowest BCUT2D eigenvalue weighted by molar-refractivity contribution is -0.186. The third kappa shape index (κ3) is 4.77. The number of piperidine rings is 1. The molecule has 4 rings (SSSR count). The Bertz CT molecular complexity index is 883. The Morgan fingerprint density at radius 1 is 1.19 bits per heavy atom. The molecule has 1 saturated carbocycles. The summed E-state index contributed by atoms with van der Waals surface area (Å²) in [6.07, 6.45) is -2.14. The zero-order valence-electron chi connectivity index (χ0n) is 18.0. The molecule has 2 aliphatic heterocycles. The Hall–Kier alpha value is -2.55. The fraction of sp³-hybridized carbons (Fsp3) is 0.565. The number of urea groups is 1. The zero-order chi connectivity index (χ0) is 22.9. The van der Waals surface area contributed by atoms with Gasteiger partial charge < -0.3 is 10.1 Å². The van der Waals surface area contributed by atoms with Gasteiger partial charge in [-0.1, -0.05) is 30.3 Å². The molecule has 0 aromatic heterocycles. The standard InChI is InChI=1S/C23H28F3N3O3/c1-2-32-21(30)19-18(14-28-12-6-9-16(13-28)23(24,25)26)29(17-10-11-17)22(31)27-20(19)15-7-4-3-5-8-15/h3-5,7-8,16-17,20H,2,6,9-14H2,1H3,(H,27,31)/t16-,20-/m1/s1. The first-order valence-electron chi connectivity index (χ1n) is 11.1. The van der Waals surface area contributed by atoms with Crippen molar-refractivity contribution in [2.24, 2.45) is 5.92 Å². The first kappa shape index (κ1) is 22.6. The fourth-order valence-corrected chi connectivity index (χ4v) is 4.58. The van der Waals surface area contributed by atoms with E-state index in [-0.39, 0.29) is 38.2 Å². The van der Waals surface area contributed by atoms with Gasteiger partial charge in [0.25, 0.3) is 0 Å². The number of nitrogens with zero attached hydrogens (tertiary/aromatic N) is 2. The van der Waals surface area contributed by atoms with Gasteiger partial charge in [0.1, 0.15) is 0 Å². The van der Waals surface area contributed by atoms with Crippen molar-refractivity contribution < 1.29 is 27.5 Å². The summed E-state index contributed by atoms with van der Waals surface area (Å²) in [6, 6.07) is 8.01. The lowest BCUT2D eigenvalue weighted by Crippen LogP contribution is -2.52. The lowest BCUT2D eigenvalue weighted by atomic mass is 9.93. The molecular formula is C23H28F3N3O3. The van der Waals surface area contributed by atoms with Gasteiger partial charge in [-0.05, 0) is 44.7 Å². The molecule has 1 aromatic rings. The highest BCUT2D eigenvalue weighted by molar-refractivity contribution is 5.95. The first-order valence-corrected chi connectivity index (χ1v) is 11.1. The Balaban J connectivity index is 1.74. The van der Waals surface area contributed by atoms with Crippen LogP contribution in [-0.4, -0.2) is 60.3 Å². The van der Waals surface area contributed by atoms with Gasteiger partial charge in [0.15, 0.2) is 0 Å². The van der Waals surface area contributed by atoms with Gasteiger partial charge in [-0.15, -0.1) is 0 Å². The molecule has 9 heteroatoms. The molecule has 2 amide bonds. The summed E-state index contributed by atoms with van der Waals surface area (Å²) in [5.74, 6) is -1.95. The van der Waals surface area contributed by atoms with Crippen molar-refractivity contribution in [1.29, 1.82) is 0 Å². The minimum absolute atomic E-state index is 0.0469. The predicted octanol–water partition coefficient (Wildman–Crippen LogP) is 4.01. The largest absolute Gasteiger partial charge is 0.463 e. The van der Waals surface area contributed by atoms with Gasteiger partial charge in [-0.3, -0.25) is 9.80 Å². The van der Waals surface area contributed by atoms with Crippen LogP contribution in [0.25, 0.3) is 0 Å². The summed E-state index contributed by atoms with van der Waals surface area (Å²) in [6.45, 7) is 2.32. The summed E-state index contributed by atoms with van der Waals surface area (Å²) in [4.78, 5) is 29.5. The summed E-state index contributed by atoms with van der Waals surface area (Å²) in [5, 5.41) is 2.92. The highest BCUT2D eigenvalue weighted by atomic mass is 19.4. The van der Waals surface area contributed by atoms with Crippen molar-refractivity contribution in [3.8, 4) is 0 Å². The fourth-order valence-electron chi connectivity index (χ4n) is 4.58. The molecule has 0 bridgehead atoms. The molecule has 2 atom stereocenters.